The van der Waals surface area contributed by atoms with Gasteiger partial charge in [0.1, 0.15) is 23.9 Å². The van der Waals surface area contributed by atoms with Crippen molar-refractivity contribution in [3.05, 3.63) is 119 Å². The largest absolute Gasteiger partial charge is 0.456 e. The zero-order valence-electron chi connectivity index (χ0n) is 35.2. The van der Waals surface area contributed by atoms with E-state index >= 15 is 4.79 Å². The van der Waals surface area contributed by atoms with E-state index in [9.17, 15) is 39.3 Å². The fourth-order valence-electron chi connectivity index (χ4n) is 10.2. The highest BCUT2D eigenvalue weighted by Crippen LogP contribution is 2.64. The Morgan fingerprint density at radius 1 is 0.823 bits per heavy atom. The summed E-state index contributed by atoms with van der Waals surface area (Å²) in [5.74, 6) is -6.84. The minimum Gasteiger partial charge on any atom is -0.456 e. The highest BCUT2D eigenvalue weighted by Gasteiger charge is 2.78. The number of carbonyl (C=O) groups is 6. The molecule has 62 heavy (non-hydrogen) atoms. The molecule has 0 aromatic heterocycles. The summed E-state index contributed by atoms with van der Waals surface area (Å²) in [4.78, 5) is 83.5. The molecule has 3 aromatic carbocycles. The molecule has 1 amide bonds. The lowest BCUT2D eigenvalue weighted by atomic mass is 9.44. The van der Waals surface area contributed by atoms with E-state index in [1.807, 2.05) is 0 Å². The Morgan fingerprint density at radius 2 is 1.40 bits per heavy atom. The molecule has 3 aromatic rings. The maximum absolute atomic E-state index is 15.5. The fraction of sp³-hybridized carbons (Fsp3) is 0.447. The molecule has 3 unspecified atom stereocenters. The van der Waals surface area contributed by atoms with Crippen LogP contribution in [0.2, 0.25) is 0 Å². The number of aliphatic hydroxyl groups is 3. The van der Waals surface area contributed by atoms with E-state index in [4.69, 9.17) is 23.7 Å². The molecule has 15 nitrogen and oxygen atoms in total. The number of fused-ring (bicyclic) bond motifs is 5. The quantitative estimate of drug-likeness (QED) is 0.130. The number of aliphatic hydroxyl groups excluding tert-OH is 2. The van der Waals surface area contributed by atoms with Crippen molar-refractivity contribution in [2.45, 2.75) is 108 Å². The smallest absolute Gasteiger partial charge is 0.338 e. The van der Waals surface area contributed by atoms with Crippen LogP contribution in [0.1, 0.15) is 86.7 Å². The molecule has 0 spiro atoms. The summed E-state index contributed by atoms with van der Waals surface area (Å²) < 4.78 is 30.3. The van der Waals surface area contributed by atoms with Gasteiger partial charge in [-0.3, -0.25) is 19.2 Å². The molecule has 3 fully saturated rings. The Labute approximate surface area is 358 Å². The van der Waals surface area contributed by atoms with Crippen LogP contribution in [-0.2, 0) is 42.9 Å². The highest BCUT2D eigenvalue weighted by atomic mass is 16.6. The first-order chi connectivity index (χ1) is 29.3. The van der Waals surface area contributed by atoms with E-state index in [0.717, 1.165) is 13.8 Å². The Kier molecular flexibility index (Phi) is 11.8. The van der Waals surface area contributed by atoms with Gasteiger partial charge in [-0.2, -0.15) is 0 Å². The van der Waals surface area contributed by atoms with Gasteiger partial charge in [0, 0.05) is 37.7 Å². The molecule has 0 radical (unpaired) electrons. The Balaban J connectivity index is 1.39. The average Bonchev–Trinajstić information content (AvgIpc) is 3.24. The Hall–Kier alpha value is -5.74. The predicted octanol–water partition coefficient (Wildman–Crippen LogP) is 3.74. The standard InChI is InChI=1S/C47H51NO14/c1-25-31(60-43(56)36(52)35(28-16-10-7-11-17-28)48-41(54)29-18-12-8-13-19-29)23-47(57)40(61-42(55)30-20-14-9-15-21-30)38-45(6,32(51)22-33-46(38,24-58-33)62-27(3)50)39(53)37(59-26(2)49)34(25)44(47,4)5/h7-21,31-33,35-38,40,51-52,57H,22-24H2,1-6H3,(H,48,54)/t31-,32-,33+,35-,36+,37+,38?,40?,45+,46-,47?/m0/s1. The number of rotatable bonds is 10. The molecule has 1 saturated heterocycles. The zero-order valence-corrected chi connectivity index (χ0v) is 35.2. The SMILES string of the molecule is CC(=O)O[C@H]1C(=O)[C@@]2(C)C(C(OC(=O)c3ccccc3)C3(O)C[C@H](OC(=O)[C@H](O)[C@@H](NC(=O)c4ccccc4)c4ccccc4)C(C)=C1C3(C)C)[C@]1(OC(C)=O)CO[C@@H]1C[C@@H]2O. The second-order valence-corrected chi connectivity index (χ2v) is 17.4. The topological polar surface area (TPSA) is 221 Å². The van der Waals surface area contributed by atoms with Crippen LogP contribution < -0.4 is 5.32 Å². The van der Waals surface area contributed by atoms with Crippen LogP contribution in [0, 0.1) is 16.7 Å². The third-order valence-electron chi connectivity index (χ3n) is 13.5. The lowest BCUT2D eigenvalue weighted by Gasteiger charge is -2.67. The van der Waals surface area contributed by atoms with Crippen LogP contribution in [0.5, 0.6) is 0 Å². The van der Waals surface area contributed by atoms with Crippen LogP contribution in [0.25, 0.3) is 0 Å². The molecule has 1 aliphatic heterocycles. The Bertz CT molecular complexity index is 2280. The first kappa shape index (κ1) is 44.3. The normalized spacial score (nSPS) is 31.9. The number of esters is 4. The van der Waals surface area contributed by atoms with E-state index in [0.29, 0.717) is 5.56 Å². The summed E-state index contributed by atoms with van der Waals surface area (Å²) in [7, 11) is 0. The number of ether oxygens (including phenoxy) is 5. The number of hydrogen-bond donors (Lipinski definition) is 4. The molecule has 4 aliphatic rings. The van der Waals surface area contributed by atoms with Crippen molar-refractivity contribution in [1.29, 1.82) is 0 Å². The second-order valence-electron chi connectivity index (χ2n) is 17.4. The molecule has 15 heteroatoms. The van der Waals surface area contributed by atoms with Gasteiger partial charge in [0.25, 0.3) is 5.91 Å². The summed E-state index contributed by atoms with van der Waals surface area (Å²) in [5, 5.41) is 40.2. The molecule has 4 N–H and O–H groups in total. The van der Waals surface area contributed by atoms with Crippen molar-refractivity contribution >= 4 is 35.6 Å². The molecule has 3 aliphatic carbocycles. The number of hydrogen-bond acceptors (Lipinski definition) is 14. The van der Waals surface area contributed by atoms with Gasteiger partial charge in [0.2, 0.25) is 0 Å². The van der Waals surface area contributed by atoms with Crippen molar-refractivity contribution in [1.82, 2.24) is 5.32 Å². The maximum atomic E-state index is 15.5. The van der Waals surface area contributed by atoms with Crippen molar-refractivity contribution in [2.75, 3.05) is 6.61 Å². The van der Waals surface area contributed by atoms with E-state index in [1.54, 1.807) is 92.7 Å². The van der Waals surface area contributed by atoms with E-state index < -0.39 is 113 Å². The van der Waals surface area contributed by atoms with Gasteiger partial charge in [-0.1, -0.05) is 80.6 Å². The van der Waals surface area contributed by atoms with Crippen molar-refractivity contribution in [2.24, 2.45) is 16.7 Å². The number of carbonyl (C=O) groups excluding carboxylic acids is 6. The van der Waals surface area contributed by atoms with Crippen LogP contribution in [0.15, 0.2) is 102 Å². The van der Waals surface area contributed by atoms with Gasteiger partial charge in [-0.15, -0.1) is 0 Å². The van der Waals surface area contributed by atoms with Gasteiger partial charge in [-0.25, -0.2) is 9.59 Å². The molecule has 328 valence electrons. The first-order valence-electron chi connectivity index (χ1n) is 20.5. The highest BCUT2D eigenvalue weighted by molar-refractivity contribution is 5.96. The Morgan fingerprint density at radius 3 is 1.95 bits per heavy atom. The molecule has 11 atom stereocenters. The molecule has 1 heterocycles. The fourth-order valence-corrected chi connectivity index (χ4v) is 10.2. The van der Waals surface area contributed by atoms with Crippen LogP contribution in [0.4, 0.5) is 0 Å². The lowest BCUT2D eigenvalue weighted by Crippen LogP contribution is -2.82. The van der Waals surface area contributed by atoms with Gasteiger partial charge < -0.3 is 44.3 Å². The van der Waals surface area contributed by atoms with E-state index in [1.165, 1.54) is 26.0 Å². The van der Waals surface area contributed by atoms with Gasteiger partial charge in [0.15, 0.2) is 23.6 Å². The summed E-state index contributed by atoms with van der Waals surface area (Å²) in [6.45, 7) is 7.97. The lowest BCUT2D eigenvalue weighted by molar-refractivity contribution is -0.346. The van der Waals surface area contributed by atoms with Gasteiger partial charge in [-0.05, 0) is 54.8 Å². The van der Waals surface area contributed by atoms with Crippen LogP contribution in [0.3, 0.4) is 0 Å². The minimum absolute atomic E-state index is 0.00289. The zero-order chi connectivity index (χ0) is 44.9. The molecule has 2 saturated carbocycles. The van der Waals surface area contributed by atoms with Gasteiger partial charge in [0.05, 0.1) is 35.6 Å². The summed E-state index contributed by atoms with van der Waals surface area (Å²) in [6, 6.07) is 22.9. The van der Waals surface area contributed by atoms with E-state index in [2.05, 4.69) is 5.32 Å². The third kappa shape index (κ3) is 7.29. The van der Waals surface area contributed by atoms with Crippen molar-refractivity contribution < 1.29 is 67.8 Å². The number of amides is 1. The summed E-state index contributed by atoms with van der Waals surface area (Å²) >= 11 is 0. The minimum atomic E-state index is -2.39. The van der Waals surface area contributed by atoms with Gasteiger partial charge >= 0.3 is 23.9 Å². The maximum Gasteiger partial charge on any atom is 0.338 e. The first-order valence-corrected chi connectivity index (χ1v) is 20.5. The van der Waals surface area contributed by atoms with Crippen molar-refractivity contribution in [3.8, 4) is 0 Å². The number of Topliss-reactive ketones (excluding diaryl/α,β-unsaturated/α-hetero) is 1. The predicted molar refractivity (Wildman–Crippen MR) is 218 cm³/mol. The van der Waals surface area contributed by atoms with Crippen LogP contribution >= 0.6 is 0 Å². The number of ketones is 1. The molecule has 2 bridgehead atoms. The second kappa shape index (κ2) is 16.5. The summed E-state index contributed by atoms with van der Waals surface area (Å²) in [6.07, 6.45) is -10.5. The monoisotopic (exact) mass is 853 g/mol. The van der Waals surface area contributed by atoms with Crippen molar-refractivity contribution in [3.63, 3.8) is 0 Å². The third-order valence-corrected chi connectivity index (χ3v) is 13.5. The molecule has 7 rings (SSSR count). The van der Waals surface area contributed by atoms with E-state index in [-0.39, 0.29) is 35.3 Å². The summed E-state index contributed by atoms with van der Waals surface area (Å²) in [5.41, 5.74) is -7.02. The number of nitrogens with one attached hydrogen (secondary N) is 1. The van der Waals surface area contributed by atoms with Crippen LogP contribution in [-0.4, -0.2) is 105 Å². The number of benzene rings is 3. The average molecular weight is 854 g/mol. The molecular formula is C47H51NO14. The molecular weight excluding hydrogens is 803 g/mol.